The number of nitrogens with zero attached hydrogens (tertiary/aromatic N) is 1. The fraction of sp³-hybridized carbons (Fsp3) is 0.360. The standard InChI is InChI=1S/C25H31N5O3/c1-3-18-10-6-9-17(2)23(18)28-22(32)14-7-13-21(31)26-15-8-16-27-24-19-11-4-5-12-20(19)25(33)30-29-24/h4-6,9-12H,3,7-8,13-16H2,1-2H3,(H,26,31)(H,27,29)(H,28,32)(H,30,33). The minimum atomic E-state index is -0.221. The number of H-pyrrole nitrogens is 1. The Hall–Kier alpha value is -3.68. The van der Waals surface area contributed by atoms with Crippen LogP contribution in [-0.4, -0.2) is 35.1 Å². The van der Waals surface area contributed by atoms with E-state index in [1.807, 2.05) is 43.3 Å². The second-order valence-corrected chi connectivity index (χ2v) is 7.94. The van der Waals surface area contributed by atoms with E-state index in [0.29, 0.717) is 50.0 Å². The summed E-state index contributed by atoms with van der Waals surface area (Å²) in [7, 11) is 0. The van der Waals surface area contributed by atoms with E-state index in [9.17, 15) is 14.4 Å². The zero-order chi connectivity index (χ0) is 23.6. The van der Waals surface area contributed by atoms with Crippen LogP contribution >= 0.6 is 0 Å². The predicted octanol–water partition coefficient (Wildman–Crippen LogP) is 3.52. The van der Waals surface area contributed by atoms with Crippen LogP contribution in [0.4, 0.5) is 11.5 Å². The average Bonchev–Trinajstić information content (AvgIpc) is 2.81. The van der Waals surface area contributed by atoms with Gasteiger partial charge in [0, 0.05) is 37.0 Å². The molecule has 4 N–H and O–H groups in total. The van der Waals surface area contributed by atoms with Gasteiger partial charge >= 0.3 is 0 Å². The molecule has 0 fully saturated rings. The second kappa shape index (κ2) is 11.8. The Labute approximate surface area is 193 Å². The lowest BCUT2D eigenvalue weighted by Gasteiger charge is -2.13. The molecule has 8 nitrogen and oxygen atoms in total. The third-order valence-electron chi connectivity index (χ3n) is 5.48. The van der Waals surface area contributed by atoms with Crippen molar-refractivity contribution in [2.75, 3.05) is 23.7 Å². The number of para-hydroxylation sites is 1. The fourth-order valence-electron chi connectivity index (χ4n) is 3.67. The topological polar surface area (TPSA) is 116 Å². The van der Waals surface area contributed by atoms with E-state index in [1.54, 1.807) is 6.07 Å². The lowest BCUT2D eigenvalue weighted by atomic mass is 10.1. The van der Waals surface area contributed by atoms with Crippen LogP contribution in [0.5, 0.6) is 0 Å². The molecule has 0 aliphatic rings. The Morgan fingerprint density at radius 2 is 1.70 bits per heavy atom. The number of nitrogens with one attached hydrogen (secondary N) is 4. The van der Waals surface area contributed by atoms with Crippen LogP contribution in [0.2, 0.25) is 0 Å². The van der Waals surface area contributed by atoms with Crippen molar-refractivity contribution in [3.63, 3.8) is 0 Å². The molecule has 1 aromatic heterocycles. The minimum Gasteiger partial charge on any atom is -0.368 e. The highest BCUT2D eigenvalue weighted by atomic mass is 16.2. The van der Waals surface area contributed by atoms with Gasteiger partial charge in [0.2, 0.25) is 11.8 Å². The number of aromatic amines is 1. The summed E-state index contributed by atoms with van der Waals surface area (Å²) in [6, 6.07) is 13.3. The van der Waals surface area contributed by atoms with Crippen molar-refractivity contribution >= 4 is 34.1 Å². The van der Waals surface area contributed by atoms with E-state index >= 15 is 0 Å². The van der Waals surface area contributed by atoms with E-state index < -0.39 is 0 Å². The average molecular weight is 450 g/mol. The van der Waals surface area contributed by atoms with Crippen LogP contribution in [0.25, 0.3) is 10.8 Å². The first-order valence-corrected chi connectivity index (χ1v) is 11.4. The molecular weight excluding hydrogens is 418 g/mol. The predicted molar refractivity (Wildman–Crippen MR) is 132 cm³/mol. The Morgan fingerprint density at radius 1 is 0.939 bits per heavy atom. The third-order valence-corrected chi connectivity index (χ3v) is 5.48. The monoisotopic (exact) mass is 449 g/mol. The van der Waals surface area contributed by atoms with Gasteiger partial charge in [0.25, 0.3) is 5.56 Å². The van der Waals surface area contributed by atoms with Gasteiger partial charge in [0.05, 0.1) is 5.39 Å². The lowest BCUT2D eigenvalue weighted by molar-refractivity contribution is -0.121. The number of carbonyl (C=O) groups excluding carboxylic acids is 2. The van der Waals surface area contributed by atoms with Crippen LogP contribution in [0, 0.1) is 6.92 Å². The molecule has 0 aliphatic carbocycles. The number of anilines is 2. The highest BCUT2D eigenvalue weighted by Gasteiger charge is 2.10. The molecule has 0 saturated heterocycles. The van der Waals surface area contributed by atoms with Crippen molar-refractivity contribution in [2.24, 2.45) is 0 Å². The number of rotatable bonds is 11. The molecule has 0 atom stereocenters. The molecule has 174 valence electrons. The van der Waals surface area contributed by atoms with Crippen molar-refractivity contribution in [2.45, 2.75) is 46.0 Å². The van der Waals surface area contributed by atoms with Crippen LogP contribution in [0.15, 0.2) is 47.3 Å². The van der Waals surface area contributed by atoms with Gasteiger partial charge in [0.15, 0.2) is 5.82 Å². The van der Waals surface area contributed by atoms with Gasteiger partial charge in [-0.2, -0.15) is 5.10 Å². The number of benzene rings is 2. The summed E-state index contributed by atoms with van der Waals surface area (Å²) in [6.45, 7) is 5.15. The van der Waals surface area contributed by atoms with Crippen molar-refractivity contribution in [3.8, 4) is 0 Å². The number of fused-ring (bicyclic) bond motifs is 1. The van der Waals surface area contributed by atoms with E-state index in [4.69, 9.17) is 0 Å². The van der Waals surface area contributed by atoms with E-state index in [0.717, 1.165) is 28.6 Å². The molecule has 0 aliphatic heterocycles. The number of hydrogen-bond donors (Lipinski definition) is 4. The number of aromatic nitrogens is 2. The zero-order valence-corrected chi connectivity index (χ0v) is 19.2. The SMILES string of the molecule is CCc1cccc(C)c1NC(=O)CCCC(=O)NCCCNc1n[nH]c(=O)c2ccccc12. The Balaban J connectivity index is 1.33. The lowest BCUT2D eigenvalue weighted by Crippen LogP contribution is -2.26. The van der Waals surface area contributed by atoms with Crippen molar-refractivity contribution < 1.29 is 9.59 Å². The van der Waals surface area contributed by atoms with Gasteiger partial charge in [-0.05, 0) is 43.4 Å². The molecule has 3 aromatic rings. The summed E-state index contributed by atoms with van der Waals surface area (Å²) < 4.78 is 0. The van der Waals surface area contributed by atoms with Crippen molar-refractivity contribution in [1.82, 2.24) is 15.5 Å². The molecule has 8 heteroatoms. The molecule has 2 aromatic carbocycles. The van der Waals surface area contributed by atoms with E-state index in [-0.39, 0.29) is 17.4 Å². The Kier molecular flexibility index (Phi) is 8.57. The van der Waals surface area contributed by atoms with Gasteiger partial charge < -0.3 is 16.0 Å². The molecule has 1 heterocycles. The fourth-order valence-corrected chi connectivity index (χ4v) is 3.67. The van der Waals surface area contributed by atoms with Gasteiger partial charge in [-0.3, -0.25) is 14.4 Å². The van der Waals surface area contributed by atoms with Gasteiger partial charge in [-0.1, -0.05) is 43.3 Å². The highest BCUT2D eigenvalue weighted by molar-refractivity contribution is 5.92. The van der Waals surface area contributed by atoms with Gasteiger partial charge in [-0.25, -0.2) is 5.10 Å². The maximum atomic E-state index is 12.3. The summed E-state index contributed by atoms with van der Waals surface area (Å²) in [5.74, 6) is 0.472. The molecule has 0 spiro atoms. The first-order chi connectivity index (χ1) is 16.0. The maximum absolute atomic E-state index is 12.3. The number of hydrogen-bond acceptors (Lipinski definition) is 5. The number of aryl methyl sites for hydroxylation is 2. The third kappa shape index (κ3) is 6.65. The van der Waals surface area contributed by atoms with Crippen molar-refractivity contribution in [1.29, 1.82) is 0 Å². The summed E-state index contributed by atoms with van der Waals surface area (Å²) in [5, 5.41) is 17.0. The zero-order valence-electron chi connectivity index (χ0n) is 19.2. The van der Waals surface area contributed by atoms with Crippen LogP contribution in [0.1, 0.15) is 43.7 Å². The first-order valence-electron chi connectivity index (χ1n) is 11.4. The number of carbonyl (C=O) groups is 2. The smallest absolute Gasteiger partial charge is 0.272 e. The summed E-state index contributed by atoms with van der Waals surface area (Å²) >= 11 is 0. The Bertz CT molecular complexity index is 1170. The summed E-state index contributed by atoms with van der Waals surface area (Å²) in [6.07, 6.45) is 2.66. The molecule has 3 rings (SSSR count). The van der Waals surface area contributed by atoms with E-state index in [1.165, 1.54) is 0 Å². The molecule has 0 radical (unpaired) electrons. The maximum Gasteiger partial charge on any atom is 0.272 e. The van der Waals surface area contributed by atoms with Gasteiger partial charge in [0.1, 0.15) is 0 Å². The molecule has 2 amide bonds. The first kappa shape index (κ1) is 24.0. The minimum absolute atomic E-state index is 0.0689. The molecule has 0 bridgehead atoms. The normalized spacial score (nSPS) is 10.7. The quantitative estimate of drug-likeness (QED) is 0.334. The number of amides is 2. The molecule has 33 heavy (non-hydrogen) atoms. The molecular formula is C25H31N5O3. The van der Waals surface area contributed by atoms with E-state index in [2.05, 4.69) is 33.1 Å². The Morgan fingerprint density at radius 3 is 2.48 bits per heavy atom. The molecule has 0 unspecified atom stereocenters. The van der Waals surface area contributed by atoms with Crippen LogP contribution in [-0.2, 0) is 16.0 Å². The van der Waals surface area contributed by atoms with Gasteiger partial charge in [-0.15, -0.1) is 0 Å². The largest absolute Gasteiger partial charge is 0.368 e. The van der Waals surface area contributed by atoms with Crippen LogP contribution in [0.3, 0.4) is 0 Å². The summed E-state index contributed by atoms with van der Waals surface area (Å²) in [4.78, 5) is 36.2. The summed E-state index contributed by atoms with van der Waals surface area (Å²) in [5.41, 5.74) is 2.81. The van der Waals surface area contributed by atoms with Crippen molar-refractivity contribution in [3.05, 3.63) is 63.9 Å². The molecule has 0 saturated carbocycles. The van der Waals surface area contributed by atoms with Crippen LogP contribution < -0.4 is 21.5 Å². The second-order valence-electron chi connectivity index (χ2n) is 7.94. The highest BCUT2D eigenvalue weighted by Crippen LogP contribution is 2.21.